The van der Waals surface area contributed by atoms with Crippen molar-refractivity contribution in [3.63, 3.8) is 0 Å². The molecule has 5 rings (SSSR count). The summed E-state index contributed by atoms with van der Waals surface area (Å²) in [5, 5.41) is 20.0. The zero-order valence-corrected chi connectivity index (χ0v) is 16.9. The van der Waals surface area contributed by atoms with E-state index in [2.05, 4.69) is 25.7 Å². The highest BCUT2D eigenvalue weighted by atomic mass is 16.5. The number of amides is 1. The average Bonchev–Trinajstić information content (AvgIpc) is 3.31. The predicted molar refractivity (Wildman–Crippen MR) is 110 cm³/mol. The molecule has 0 fully saturated rings. The molecule has 0 radical (unpaired) electrons. The second-order valence-corrected chi connectivity index (χ2v) is 7.63. The molecule has 1 aliphatic rings. The van der Waals surface area contributed by atoms with Crippen LogP contribution in [0.4, 0.5) is 5.82 Å². The minimum Gasteiger partial charge on any atom is -0.491 e. The highest BCUT2D eigenvalue weighted by Gasteiger charge is 2.33. The van der Waals surface area contributed by atoms with Gasteiger partial charge in [-0.2, -0.15) is 14.3 Å². The van der Waals surface area contributed by atoms with E-state index < -0.39 is 0 Å². The third-order valence-electron chi connectivity index (χ3n) is 5.10. The smallest absolute Gasteiger partial charge is 0.226 e. The lowest BCUT2D eigenvalue weighted by atomic mass is 9.86. The molecule has 9 nitrogen and oxygen atoms in total. The summed E-state index contributed by atoms with van der Waals surface area (Å²) in [5.74, 6) is 1.83. The molecule has 0 saturated heterocycles. The van der Waals surface area contributed by atoms with Crippen molar-refractivity contribution in [2.75, 3.05) is 5.32 Å². The lowest BCUT2D eigenvalue weighted by Gasteiger charge is -2.24. The molecule has 3 aromatic heterocycles. The third-order valence-corrected chi connectivity index (χ3v) is 5.10. The Morgan fingerprint density at radius 2 is 2.07 bits per heavy atom. The van der Waals surface area contributed by atoms with E-state index in [0.717, 1.165) is 22.6 Å². The van der Waals surface area contributed by atoms with Gasteiger partial charge in [-0.25, -0.2) is 0 Å². The van der Waals surface area contributed by atoms with Crippen LogP contribution >= 0.6 is 0 Å². The van der Waals surface area contributed by atoms with E-state index in [9.17, 15) is 4.79 Å². The van der Waals surface area contributed by atoms with E-state index in [1.807, 2.05) is 57.2 Å². The number of nitrogens with zero attached hydrogens (tertiary/aromatic N) is 6. The molecule has 4 heterocycles. The molecule has 1 aromatic carbocycles. The van der Waals surface area contributed by atoms with E-state index in [1.54, 1.807) is 9.20 Å². The van der Waals surface area contributed by atoms with Gasteiger partial charge in [0.1, 0.15) is 17.9 Å². The Labute approximate surface area is 172 Å². The first kappa shape index (κ1) is 18.3. The Kier molecular flexibility index (Phi) is 4.23. The first-order valence-electron chi connectivity index (χ1n) is 9.83. The number of hydrogen-bond donors (Lipinski definition) is 1. The van der Waals surface area contributed by atoms with Crippen molar-refractivity contribution >= 4 is 17.4 Å². The highest BCUT2D eigenvalue weighted by Crippen LogP contribution is 2.40. The Morgan fingerprint density at radius 1 is 1.20 bits per heavy atom. The van der Waals surface area contributed by atoms with E-state index >= 15 is 0 Å². The van der Waals surface area contributed by atoms with Crippen molar-refractivity contribution in [3.8, 4) is 11.6 Å². The van der Waals surface area contributed by atoms with Crippen LogP contribution in [0.1, 0.15) is 43.0 Å². The van der Waals surface area contributed by atoms with Gasteiger partial charge in [0.15, 0.2) is 11.5 Å². The molecule has 1 aliphatic heterocycles. The fourth-order valence-electron chi connectivity index (χ4n) is 3.91. The molecule has 0 spiro atoms. The lowest BCUT2D eigenvalue weighted by Crippen LogP contribution is -2.25. The van der Waals surface area contributed by atoms with Gasteiger partial charge in [0.05, 0.1) is 11.8 Å². The molecule has 1 atom stereocenters. The maximum Gasteiger partial charge on any atom is 0.226 e. The molecule has 1 amide bonds. The zero-order valence-electron chi connectivity index (χ0n) is 16.9. The molecule has 152 valence electrons. The molecule has 4 aromatic rings. The van der Waals surface area contributed by atoms with Crippen LogP contribution in [0, 0.1) is 6.92 Å². The number of ether oxygens (including phenoxy) is 1. The number of aryl methyl sites for hydroxylation is 1. The summed E-state index contributed by atoms with van der Waals surface area (Å²) in [6, 6.07) is 11.5. The van der Waals surface area contributed by atoms with Crippen molar-refractivity contribution in [3.05, 3.63) is 59.5 Å². The lowest BCUT2D eigenvalue weighted by molar-refractivity contribution is -0.116. The zero-order chi connectivity index (χ0) is 20.8. The molecule has 1 unspecified atom stereocenters. The maximum absolute atomic E-state index is 12.6. The summed E-state index contributed by atoms with van der Waals surface area (Å²) in [4.78, 5) is 12.6. The van der Waals surface area contributed by atoms with Crippen LogP contribution < -0.4 is 10.1 Å². The fraction of sp³-hybridized carbons (Fsp3) is 0.286. The van der Waals surface area contributed by atoms with Crippen molar-refractivity contribution in [2.24, 2.45) is 0 Å². The second-order valence-electron chi connectivity index (χ2n) is 7.63. The van der Waals surface area contributed by atoms with Gasteiger partial charge in [-0.15, -0.1) is 15.3 Å². The van der Waals surface area contributed by atoms with Crippen molar-refractivity contribution in [1.82, 2.24) is 29.6 Å². The Hall–Kier alpha value is -3.75. The van der Waals surface area contributed by atoms with Gasteiger partial charge in [0.25, 0.3) is 0 Å². The van der Waals surface area contributed by atoms with E-state index in [-0.39, 0.29) is 17.9 Å². The summed E-state index contributed by atoms with van der Waals surface area (Å²) in [7, 11) is 0. The standard InChI is InChI=1S/C21H21N7O2/c1-12(2)30-15-6-4-5-14(9-15)16-10-19(29)23-21-20(16)13(3)25-28(21)18-8-7-17-24-22-11-27(17)26-18/h4-9,11-12,16H,10H2,1-3H3,(H,23,29). The molecule has 1 N–H and O–H groups in total. The normalized spacial score (nSPS) is 16.0. The number of anilines is 1. The van der Waals surface area contributed by atoms with Gasteiger partial charge < -0.3 is 10.1 Å². The second kappa shape index (κ2) is 6.94. The molecule has 0 saturated carbocycles. The first-order chi connectivity index (χ1) is 14.5. The van der Waals surface area contributed by atoms with Gasteiger partial charge >= 0.3 is 0 Å². The van der Waals surface area contributed by atoms with Crippen LogP contribution in [-0.4, -0.2) is 41.6 Å². The number of hydrogen-bond acceptors (Lipinski definition) is 6. The largest absolute Gasteiger partial charge is 0.491 e. The first-order valence-corrected chi connectivity index (χ1v) is 9.83. The number of fused-ring (bicyclic) bond motifs is 2. The molecule has 30 heavy (non-hydrogen) atoms. The SMILES string of the molecule is Cc1nn(-c2ccc3nncn3n2)c2c1C(c1cccc(OC(C)C)c1)CC(=O)N2. The molecule has 0 aliphatic carbocycles. The number of benzene rings is 1. The van der Waals surface area contributed by atoms with Crippen molar-refractivity contribution in [2.45, 2.75) is 39.2 Å². The fourth-order valence-corrected chi connectivity index (χ4v) is 3.91. The van der Waals surface area contributed by atoms with Crippen LogP contribution in [0.2, 0.25) is 0 Å². The summed E-state index contributed by atoms with van der Waals surface area (Å²) >= 11 is 0. The minimum atomic E-state index is -0.114. The summed E-state index contributed by atoms with van der Waals surface area (Å²) in [5.41, 5.74) is 3.49. The van der Waals surface area contributed by atoms with Crippen LogP contribution in [0.15, 0.2) is 42.7 Å². The minimum absolute atomic E-state index is 0.0609. The Morgan fingerprint density at radius 3 is 2.90 bits per heavy atom. The maximum atomic E-state index is 12.6. The number of nitrogens with one attached hydrogen (secondary N) is 1. The summed E-state index contributed by atoms with van der Waals surface area (Å²) in [6.45, 7) is 5.94. The van der Waals surface area contributed by atoms with Gasteiger partial charge in [0, 0.05) is 17.9 Å². The monoisotopic (exact) mass is 403 g/mol. The summed E-state index contributed by atoms with van der Waals surface area (Å²) in [6.07, 6.45) is 1.96. The van der Waals surface area contributed by atoms with Crippen LogP contribution in [0.3, 0.4) is 0 Å². The number of rotatable bonds is 4. The average molecular weight is 403 g/mol. The van der Waals surface area contributed by atoms with E-state index in [1.165, 1.54) is 6.33 Å². The molecular weight excluding hydrogens is 382 g/mol. The highest BCUT2D eigenvalue weighted by molar-refractivity contribution is 5.95. The number of carbonyl (C=O) groups is 1. The number of aromatic nitrogens is 6. The predicted octanol–water partition coefficient (Wildman–Crippen LogP) is 2.88. The van der Waals surface area contributed by atoms with Gasteiger partial charge in [0.2, 0.25) is 5.91 Å². The van der Waals surface area contributed by atoms with E-state index in [0.29, 0.717) is 23.7 Å². The van der Waals surface area contributed by atoms with Crippen molar-refractivity contribution < 1.29 is 9.53 Å². The van der Waals surface area contributed by atoms with Crippen LogP contribution in [0.5, 0.6) is 5.75 Å². The van der Waals surface area contributed by atoms with Gasteiger partial charge in [-0.05, 0) is 50.6 Å². The third kappa shape index (κ3) is 3.08. The summed E-state index contributed by atoms with van der Waals surface area (Å²) < 4.78 is 9.10. The Balaban J connectivity index is 1.61. The Bertz CT molecular complexity index is 1260. The number of carbonyl (C=O) groups excluding carboxylic acids is 1. The topological polar surface area (TPSA) is 99.2 Å². The molecule has 0 bridgehead atoms. The molecular formula is C21H21N7O2. The van der Waals surface area contributed by atoms with Gasteiger partial charge in [-0.3, -0.25) is 4.79 Å². The van der Waals surface area contributed by atoms with Gasteiger partial charge in [-0.1, -0.05) is 12.1 Å². The molecule has 9 heteroatoms. The van der Waals surface area contributed by atoms with Crippen LogP contribution in [0.25, 0.3) is 11.5 Å². The van der Waals surface area contributed by atoms with E-state index in [4.69, 9.17) is 4.74 Å². The van der Waals surface area contributed by atoms with Crippen molar-refractivity contribution in [1.29, 1.82) is 0 Å². The van der Waals surface area contributed by atoms with Crippen LogP contribution in [-0.2, 0) is 4.79 Å². The quantitative estimate of drug-likeness (QED) is 0.562.